The molecule has 0 aromatic rings. The summed E-state index contributed by atoms with van der Waals surface area (Å²) >= 11 is 0. The van der Waals surface area contributed by atoms with Gasteiger partial charge in [0, 0.05) is 25.0 Å². The SMILES string of the molecule is C=CC(=O)OCCC(O)COCC(COCC(O)C[N+](CCO)(CCO)CCO)OCC(O)CCOC(=O)C=C. The van der Waals surface area contributed by atoms with Gasteiger partial charge >= 0.3 is 11.9 Å². The van der Waals surface area contributed by atoms with Crippen molar-refractivity contribution in [2.75, 3.05) is 92.2 Å². The number of hydrogen-bond donors (Lipinski definition) is 6. The molecular weight excluding hydrogens is 534 g/mol. The number of aliphatic hydroxyl groups is 6. The summed E-state index contributed by atoms with van der Waals surface area (Å²) in [4.78, 5) is 22.2. The maximum absolute atomic E-state index is 11.1. The maximum Gasteiger partial charge on any atom is 0.330 e. The van der Waals surface area contributed by atoms with Crippen LogP contribution >= 0.6 is 0 Å². The van der Waals surface area contributed by atoms with Gasteiger partial charge in [0.05, 0.1) is 78.3 Å². The number of quaternary nitrogens is 1. The molecule has 0 aliphatic carbocycles. The van der Waals surface area contributed by atoms with E-state index in [1.807, 2.05) is 0 Å². The highest BCUT2D eigenvalue weighted by molar-refractivity contribution is 5.81. The minimum atomic E-state index is -0.976. The first kappa shape index (κ1) is 38.0. The minimum Gasteiger partial charge on any atom is -0.462 e. The van der Waals surface area contributed by atoms with E-state index >= 15 is 0 Å². The molecule has 0 aliphatic rings. The summed E-state index contributed by atoms with van der Waals surface area (Å²) in [5, 5.41) is 58.9. The number of carbonyl (C=O) groups is 2. The van der Waals surface area contributed by atoms with Gasteiger partial charge in [0.1, 0.15) is 38.4 Å². The molecule has 4 atom stereocenters. The predicted octanol–water partition coefficient (Wildman–Crippen LogP) is -2.48. The van der Waals surface area contributed by atoms with Crippen molar-refractivity contribution in [2.45, 2.75) is 37.3 Å². The van der Waals surface area contributed by atoms with Crippen LogP contribution in [-0.2, 0) is 33.3 Å². The van der Waals surface area contributed by atoms with E-state index in [4.69, 9.17) is 23.7 Å². The molecule has 40 heavy (non-hydrogen) atoms. The number of ether oxygens (including phenoxy) is 5. The lowest BCUT2D eigenvalue weighted by Crippen LogP contribution is -2.57. The van der Waals surface area contributed by atoms with Crippen molar-refractivity contribution in [3.8, 4) is 0 Å². The molecule has 0 aromatic carbocycles. The molecule has 0 fully saturated rings. The molecule has 0 spiro atoms. The van der Waals surface area contributed by atoms with Crippen LogP contribution in [0.25, 0.3) is 0 Å². The summed E-state index contributed by atoms with van der Waals surface area (Å²) in [6.45, 7) is 6.45. The monoisotopic (exact) mass is 582 g/mol. The van der Waals surface area contributed by atoms with Crippen molar-refractivity contribution >= 4 is 11.9 Å². The average Bonchev–Trinajstić information content (AvgIpc) is 2.91. The van der Waals surface area contributed by atoms with Gasteiger partial charge in [0.25, 0.3) is 0 Å². The van der Waals surface area contributed by atoms with Crippen molar-refractivity contribution in [1.82, 2.24) is 0 Å². The summed E-state index contributed by atoms with van der Waals surface area (Å²) in [6, 6.07) is 0. The van der Waals surface area contributed by atoms with E-state index < -0.39 is 36.4 Å². The molecule has 0 aliphatic heterocycles. The Hall–Kier alpha value is -1.98. The first-order valence-corrected chi connectivity index (χ1v) is 13.2. The Bertz CT molecular complexity index is 676. The number of hydrogen-bond acceptors (Lipinski definition) is 13. The summed E-state index contributed by atoms with van der Waals surface area (Å²) in [5.41, 5.74) is 0. The van der Waals surface area contributed by atoms with Crippen molar-refractivity contribution < 1.29 is 68.4 Å². The van der Waals surface area contributed by atoms with Crippen molar-refractivity contribution in [2.24, 2.45) is 0 Å². The van der Waals surface area contributed by atoms with Crippen LogP contribution in [0.15, 0.2) is 25.3 Å². The molecule has 14 heteroatoms. The maximum atomic E-state index is 11.1. The number of esters is 2. The summed E-state index contributed by atoms with van der Waals surface area (Å²) in [6.07, 6.45) is -1.25. The lowest BCUT2D eigenvalue weighted by atomic mass is 10.2. The van der Waals surface area contributed by atoms with Crippen molar-refractivity contribution in [3.05, 3.63) is 25.3 Å². The zero-order valence-corrected chi connectivity index (χ0v) is 23.2. The first-order valence-electron chi connectivity index (χ1n) is 13.2. The second kappa shape index (κ2) is 23.7. The molecule has 234 valence electrons. The molecule has 0 rings (SSSR count). The molecule has 14 nitrogen and oxygen atoms in total. The molecule has 0 radical (unpaired) electrons. The van der Waals surface area contributed by atoms with E-state index in [2.05, 4.69) is 13.2 Å². The quantitative estimate of drug-likeness (QED) is 0.0338. The normalized spacial score (nSPS) is 14.7. The third-order valence-electron chi connectivity index (χ3n) is 5.80. The number of carbonyl (C=O) groups excluding carboxylic acids is 2. The van der Waals surface area contributed by atoms with Gasteiger partial charge in [-0.1, -0.05) is 13.2 Å². The summed E-state index contributed by atoms with van der Waals surface area (Å²) in [5.74, 6) is -1.21. The molecule has 0 heterocycles. The Labute approximate surface area is 235 Å². The van der Waals surface area contributed by atoms with Gasteiger partial charge in [-0.3, -0.25) is 0 Å². The zero-order valence-electron chi connectivity index (χ0n) is 23.2. The minimum absolute atomic E-state index is 0.0121. The van der Waals surface area contributed by atoms with Gasteiger partial charge in [-0.15, -0.1) is 0 Å². The van der Waals surface area contributed by atoms with Crippen LogP contribution in [0.2, 0.25) is 0 Å². The van der Waals surface area contributed by atoms with Gasteiger partial charge in [0.2, 0.25) is 0 Å². The van der Waals surface area contributed by atoms with Crippen LogP contribution < -0.4 is 0 Å². The van der Waals surface area contributed by atoms with E-state index in [1.54, 1.807) is 0 Å². The van der Waals surface area contributed by atoms with Crippen LogP contribution in [-0.4, -0.2) is 164 Å². The lowest BCUT2D eigenvalue weighted by molar-refractivity contribution is -0.931. The smallest absolute Gasteiger partial charge is 0.330 e. The Morgan fingerprint density at radius 3 is 1.52 bits per heavy atom. The van der Waals surface area contributed by atoms with E-state index in [0.717, 1.165) is 12.2 Å². The van der Waals surface area contributed by atoms with Crippen LogP contribution in [0.1, 0.15) is 12.8 Å². The largest absolute Gasteiger partial charge is 0.462 e. The Morgan fingerprint density at radius 2 is 1.10 bits per heavy atom. The topological polar surface area (TPSA) is 202 Å². The third-order valence-corrected chi connectivity index (χ3v) is 5.80. The fourth-order valence-electron chi connectivity index (χ4n) is 3.68. The number of rotatable bonds is 27. The van der Waals surface area contributed by atoms with Crippen LogP contribution in [0.4, 0.5) is 0 Å². The molecule has 0 aromatic heterocycles. The molecule has 0 saturated heterocycles. The van der Waals surface area contributed by atoms with Gasteiger partial charge in [-0.2, -0.15) is 0 Å². The van der Waals surface area contributed by atoms with Gasteiger partial charge in [0.15, 0.2) is 0 Å². The fourth-order valence-corrected chi connectivity index (χ4v) is 3.68. The molecular formula is C26H48NO13+. The molecule has 0 amide bonds. The second-order valence-electron chi connectivity index (χ2n) is 9.18. The van der Waals surface area contributed by atoms with Crippen LogP contribution in [0.3, 0.4) is 0 Å². The van der Waals surface area contributed by atoms with Crippen molar-refractivity contribution in [3.63, 3.8) is 0 Å². The fraction of sp³-hybridized carbons (Fsp3) is 0.769. The predicted molar refractivity (Wildman–Crippen MR) is 142 cm³/mol. The Kier molecular flexibility index (Phi) is 22.5. The number of aliphatic hydroxyl groups excluding tert-OH is 6. The van der Waals surface area contributed by atoms with E-state index in [9.17, 15) is 40.2 Å². The number of nitrogens with zero attached hydrogens (tertiary/aromatic N) is 1. The highest BCUT2D eigenvalue weighted by atomic mass is 16.6. The molecule has 0 saturated carbocycles. The Balaban J connectivity index is 4.84. The molecule has 4 unspecified atom stereocenters. The van der Waals surface area contributed by atoms with E-state index in [-0.39, 0.29) is 110 Å². The van der Waals surface area contributed by atoms with Gasteiger partial charge in [-0.05, 0) is 0 Å². The van der Waals surface area contributed by atoms with Crippen LogP contribution in [0, 0.1) is 0 Å². The standard InChI is InChI=1S/C26H48NO13/c1-3-25(34)38-13-5-21(31)16-36-19-24(40-18-22(32)6-14-39-26(35)4-2)20-37-17-23(33)15-27(7-10-28,8-11-29)9-12-30/h3-4,21-24,28-33H,1-2,5-20H2/q+1. The summed E-state index contributed by atoms with van der Waals surface area (Å²) < 4.78 is 26.6. The highest BCUT2D eigenvalue weighted by Crippen LogP contribution is 2.09. The summed E-state index contributed by atoms with van der Waals surface area (Å²) in [7, 11) is 0. The molecule has 6 N–H and O–H groups in total. The first-order chi connectivity index (χ1) is 19.1. The highest BCUT2D eigenvalue weighted by Gasteiger charge is 2.29. The van der Waals surface area contributed by atoms with Crippen LogP contribution in [0.5, 0.6) is 0 Å². The molecule has 0 bridgehead atoms. The average molecular weight is 583 g/mol. The zero-order chi connectivity index (χ0) is 30.2. The van der Waals surface area contributed by atoms with Gasteiger partial charge in [-0.25, -0.2) is 9.59 Å². The van der Waals surface area contributed by atoms with E-state index in [0.29, 0.717) is 0 Å². The Morgan fingerprint density at radius 1 is 0.675 bits per heavy atom. The lowest BCUT2D eigenvalue weighted by Gasteiger charge is -2.38. The second-order valence-corrected chi connectivity index (χ2v) is 9.18. The van der Waals surface area contributed by atoms with Gasteiger partial charge < -0.3 is 58.8 Å². The third kappa shape index (κ3) is 19.2. The van der Waals surface area contributed by atoms with Crippen molar-refractivity contribution in [1.29, 1.82) is 0 Å². The van der Waals surface area contributed by atoms with E-state index in [1.165, 1.54) is 0 Å².